The zero-order valence-corrected chi connectivity index (χ0v) is 11.1. The Balaban J connectivity index is 1.73. The fourth-order valence-corrected chi connectivity index (χ4v) is 4.61. The maximum Gasteiger partial charge on any atom is 0.0199 e. The summed E-state index contributed by atoms with van der Waals surface area (Å²) in [5, 5.41) is 0. The van der Waals surface area contributed by atoms with Gasteiger partial charge >= 0.3 is 0 Å². The first kappa shape index (κ1) is 10.8. The van der Waals surface area contributed by atoms with E-state index in [4.69, 9.17) is 0 Å². The lowest BCUT2D eigenvalue weighted by Crippen LogP contribution is -2.40. The van der Waals surface area contributed by atoms with E-state index in [1.165, 1.54) is 36.9 Å². The van der Waals surface area contributed by atoms with E-state index in [0.29, 0.717) is 0 Å². The Morgan fingerprint density at radius 2 is 1.94 bits per heavy atom. The van der Waals surface area contributed by atoms with Crippen LogP contribution in [0.15, 0.2) is 36.4 Å². The molecule has 3 heterocycles. The number of benzene rings is 1. The molecule has 0 aliphatic carbocycles. The van der Waals surface area contributed by atoms with Crippen LogP contribution in [0, 0.1) is 12.8 Å². The van der Waals surface area contributed by atoms with Crippen LogP contribution in [0.3, 0.4) is 0 Å². The van der Waals surface area contributed by atoms with Gasteiger partial charge in [0.2, 0.25) is 0 Å². The van der Waals surface area contributed by atoms with Crippen LogP contribution >= 0.6 is 0 Å². The van der Waals surface area contributed by atoms with Gasteiger partial charge in [0.25, 0.3) is 0 Å². The third kappa shape index (κ3) is 1.37. The molecule has 5 atom stereocenters. The molecule has 3 saturated heterocycles. The number of piperidine rings is 1. The van der Waals surface area contributed by atoms with Crippen molar-refractivity contribution in [3.8, 4) is 0 Å². The molecule has 3 fully saturated rings. The van der Waals surface area contributed by atoms with Crippen molar-refractivity contribution in [2.45, 2.75) is 44.2 Å². The van der Waals surface area contributed by atoms with Gasteiger partial charge in [-0.2, -0.15) is 0 Å². The van der Waals surface area contributed by atoms with Crippen LogP contribution in [0.5, 0.6) is 0 Å². The Hall–Kier alpha value is -1.08. The average Bonchev–Trinajstić information content (AvgIpc) is 2.76. The fraction of sp³-hybridized carbons (Fsp3) is 0.529. The van der Waals surface area contributed by atoms with Crippen LogP contribution in [-0.4, -0.2) is 23.5 Å². The van der Waals surface area contributed by atoms with Crippen molar-refractivity contribution >= 4 is 0 Å². The summed E-state index contributed by atoms with van der Waals surface area (Å²) in [6.45, 7) is 7.71. The topological polar surface area (TPSA) is 3.24 Å². The SMILES string of the molecule is C=C1CN2[C@@H]3CC[C@H]2[C@H]1[C@H](c1ccc(C)cc1)C3. The molecule has 1 unspecified atom stereocenters. The molecule has 0 saturated carbocycles. The molecule has 94 valence electrons. The van der Waals surface area contributed by atoms with Gasteiger partial charge in [0.15, 0.2) is 0 Å². The van der Waals surface area contributed by atoms with Crippen LogP contribution in [0.2, 0.25) is 0 Å². The first-order valence-corrected chi connectivity index (χ1v) is 7.24. The van der Waals surface area contributed by atoms with E-state index in [0.717, 1.165) is 23.9 Å². The zero-order chi connectivity index (χ0) is 12.3. The molecule has 3 aliphatic rings. The van der Waals surface area contributed by atoms with Gasteiger partial charge in [-0.05, 0) is 37.7 Å². The maximum atomic E-state index is 4.37. The third-order valence-corrected chi connectivity index (χ3v) is 5.43. The summed E-state index contributed by atoms with van der Waals surface area (Å²) in [6, 6.07) is 10.9. The Morgan fingerprint density at radius 1 is 1.17 bits per heavy atom. The summed E-state index contributed by atoms with van der Waals surface area (Å²) in [5.74, 6) is 1.46. The number of rotatable bonds is 1. The molecule has 0 radical (unpaired) electrons. The Morgan fingerprint density at radius 3 is 2.72 bits per heavy atom. The van der Waals surface area contributed by atoms with Crippen molar-refractivity contribution in [3.63, 3.8) is 0 Å². The van der Waals surface area contributed by atoms with E-state index in [1.807, 2.05) is 0 Å². The molecule has 18 heavy (non-hydrogen) atoms. The number of hydrogen-bond acceptors (Lipinski definition) is 1. The maximum absolute atomic E-state index is 4.37. The molecule has 4 bridgehead atoms. The minimum atomic E-state index is 0.728. The second-order valence-corrected chi connectivity index (χ2v) is 6.41. The largest absolute Gasteiger partial charge is 0.293 e. The quantitative estimate of drug-likeness (QED) is 0.678. The van der Waals surface area contributed by atoms with E-state index in [9.17, 15) is 0 Å². The summed E-state index contributed by atoms with van der Waals surface area (Å²) < 4.78 is 0. The first-order valence-electron chi connectivity index (χ1n) is 7.24. The standard InChI is InChI=1S/C17H21N/c1-11-3-5-13(6-4-11)15-9-14-7-8-16-17(15)12(2)10-18(14)16/h3-6,14-17H,2,7-10H2,1H3/t14-,15+,16+,17-/m1/s1. The van der Waals surface area contributed by atoms with Crippen molar-refractivity contribution in [2.75, 3.05) is 6.54 Å². The summed E-state index contributed by atoms with van der Waals surface area (Å²) in [6.07, 6.45) is 4.16. The Labute approximate surface area is 109 Å². The van der Waals surface area contributed by atoms with Crippen LogP contribution in [0.25, 0.3) is 0 Å². The lowest BCUT2D eigenvalue weighted by Gasteiger charge is -2.37. The summed E-state index contributed by atoms with van der Waals surface area (Å²) in [4.78, 5) is 2.73. The molecule has 0 N–H and O–H groups in total. The minimum absolute atomic E-state index is 0.728. The van der Waals surface area contributed by atoms with Crippen LogP contribution in [0.4, 0.5) is 0 Å². The van der Waals surface area contributed by atoms with Crippen molar-refractivity contribution in [2.24, 2.45) is 5.92 Å². The van der Waals surface area contributed by atoms with Crippen LogP contribution < -0.4 is 0 Å². The predicted octanol–water partition coefficient (Wildman–Crippen LogP) is 3.50. The Bertz CT molecular complexity index is 487. The van der Waals surface area contributed by atoms with E-state index < -0.39 is 0 Å². The molecule has 0 amide bonds. The van der Waals surface area contributed by atoms with Gasteiger partial charge in [-0.15, -0.1) is 0 Å². The average molecular weight is 239 g/mol. The first-order chi connectivity index (χ1) is 8.74. The van der Waals surface area contributed by atoms with E-state index in [1.54, 1.807) is 5.56 Å². The third-order valence-electron chi connectivity index (χ3n) is 5.43. The monoisotopic (exact) mass is 239 g/mol. The highest BCUT2D eigenvalue weighted by Crippen LogP contribution is 2.53. The summed E-state index contributed by atoms with van der Waals surface area (Å²) in [5.41, 5.74) is 4.40. The molecule has 3 aliphatic heterocycles. The molecule has 1 nitrogen and oxygen atoms in total. The molecule has 1 aromatic carbocycles. The van der Waals surface area contributed by atoms with Crippen molar-refractivity contribution in [1.82, 2.24) is 4.90 Å². The van der Waals surface area contributed by atoms with Gasteiger partial charge in [-0.25, -0.2) is 0 Å². The smallest absolute Gasteiger partial charge is 0.0199 e. The van der Waals surface area contributed by atoms with E-state index in [2.05, 4.69) is 42.7 Å². The fourth-order valence-electron chi connectivity index (χ4n) is 4.61. The zero-order valence-electron chi connectivity index (χ0n) is 11.1. The second-order valence-electron chi connectivity index (χ2n) is 6.41. The lowest BCUT2D eigenvalue weighted by atomic mass is 9.76. The highest BCUT2D eigenvalue weighted by atomic mass is 15.3. The highest BCUT2D eigenvalue weighted by Gasteiger charge is 2.52. The molecule has 4 rings (SSSR count). The predicted molar refractivity (Wildman–Crippen MR) is 74.7 cm³/mol. The minimum Gasteiger partial charge on any atom is -0.293 e. The van der Waals surface area contributed by atoms with Crippen LogP contribution in [0.1, 0.15) is 36.3 Å². The lowest BCUT2D eigenvalue weighted by molar-refractivity contribution is 0.154. The van der Waals surface area contributed by atoms with Gasteiger partial charge in [0.1, 0.15) is 0 Å². The molecule has 1 aromatic rings. The van der Waals surface area contributed by atoms with Crippen molar-refractivity contribution in [3.05, 3.63) is 47.5 Å². The number of hydrogen-bond donors (Lipinski definition) is 0. The van der Waals surface area contributed by atoms with Gasteiger partial charge in [0, 0.05) is 24.5 Å². The highest BCUT2D eigenvalue weighted by molar-refractivity contribution is 5.33. The molecular formula is C17H21N. The summed E-state index contributed by atoms with van der Waals surface area (Å²) in [7, 11) is 0. The van der Waals surface area contributed by atoms with Gasteiger partial charge < -0.3 is 0 Å². The second kappa shape index (κ2) is 3.71. The van der Waals surface area contributed by atoms with Crippen LogP contribution in [-0.2, 0) is 0 Å². The summed E-state index contributed by atoms with van der Waals surface area (Å²) >= 11 is 0. The van der Waals surface area contributed by atoms with Gasteiger partial charge in [0.05, 0.1) is 0 Å². The number of nitrogens with zero attached hydrogens (tertiary/aromatic N) is 1. The van der Waals surface area contributed by atoms with Crippen molar-refractivity contribution < 1.29 is 0 Å². The normalized spacial score (nSPS) is 41.4. The van der Waals surface area contributed by atoms with Gasteiger partial charge in [-0.1, -0.05) is 42.0 Å². The van der Waals surface area contributed by atoms with E-state index in [-0.39, 0.29) is 0 Å². The molecule has 0 spiro atoms. The van der Waals surface area contributed by atoms with Crippen molar-refractivity contribution in [1.29, 1.82) is 0 Å². The molecule has 1 heteroatoms. The number of aryl methyl sites for hydroxylation is 1. The molecular weight excluding hydrogens is 218 g/mol. The van der Waals surface area contributed by atoms with E-state index >= 15 is 0 Å². The van der Waals surface area contributed by atoms with Gasteiger partial charge in [-0.3, -0.25) is 4.90 Å². The Kier molecular flexibility index (Phi) is 2.23. The molecule has 0 aromatic heterocycles.